The van der Waals surface area contributed by atoms with Crippen LogP contribution in [-0.2, 0) is 13.1 Å². The smallest absolute Gasteiger partial charge is 0.127 e. The monoisotopic (exact) mass is 252 g/mol. The van der Waals surface area contributed by atoms with Crippen LogP contribution in [0.5, 0.6) is 0 Å². The standard InChI is InChI=1S/C15H25FN2/c1-11(2)7-12(3)18(4)10-13-5-6-15(16)14(8-13)9-17/h5-6,8,11-12H,7,9-10,17H2,1-4H3. The molecular formula is C15H25FN2. The van der Waals surface area contributed by atoms with Crippen molar-refractivity contribution in [2.75, 3.05) is 7.05 Å². The van der Waals surface area contributed by atoms with Crippen LogP contribution in [0.4, 0.5) is 4.39 Å². The zero-order chi connectivity index (χ0) is 13.7. The Kier molecular flexibility index (Phi) is 5.76. The van der Waals surface area contributed by atoms with Crippen molar-refractivity contribution in [1.82, 2.24) is 4.90 Å². The Labute approximate surface area is 110 Å². The van der Waals surface area contributed by atoms with Crippen LogP contribution >= 0.6 is 0 Å². The molecule has 102 valence electrons. The highest BCUT2D eigenvalue weighted by Gasteiger charge is 2.12. The van der Waals surface area contributed by atoms with Crippen molar-refractivity contribution in [3.05, 3.63) is 35.1 Å². The molecule has 3 heteroatoms. The lowest BCUT2D eigenvalue weighted by Crippen LogP contribution is -2.29. The molecule has 2 nitrogen and oxygen atoms in total. The van der Waals surface area contributed by atoms with Gasteiger partial charge in [0, 0.05) is 24.7 Å². The lowest BCUT2D eigenvalue weighted by molar-refractivity contribution is 0.220. The van der Waals surface area contributed by atoms with E-state index in [-0.39, 0.29) is 12.4 Å². The number of nitrogens with two attached hydrogens (primary N) is 1. The van der Waals surface area contributed by atoms with Crippen LogP contribution in [0.15, 0.2) is 18.2 Å². The van der Waals surface area contributed by atoms with E-state index in [1.165, 1.54) is 12.5 Å². The first kappa shape index (κ1) is 15.1. The Morgan fingerprint density at radius 1 is 1.28 bits per heavy atom. The molecule has 0 saturated carbocycles. The second-order valence-corrected chi connectivity index (χ2v) is 5.52. The van der Waals surface area contributed by atoms with Crippen LogP contribution in [0.2, 0.25) is 0 Å². The fraction of sp³-hybridized carbons (Fsp3) is 0.600. The first-order valence-electron chi connectivity index (χ1n) is 6.61. The van der Waals surface area contributed by atoms with Gasteiger partial charge in [-0.3, -0.25) is 4.90 Å². The number of halogens is 1. The number of nitrogens with zero attached hydrogens (tertiary/aromatic N) is 1. The summed E-state index contributed by atoms with van der Waals surface area (Å²) < 4.78 is 13.3. The molecule has 0 heterocycles. The summed E-state index contributed by atoms with van der Waals surface area (Å²) in [6, 6.07) is 5.75. The van der Waals surface area contributed by atoms with Gasteiger partial charge in [-0.1, -0.05) is 26.0 Å². The van der Waals surface area contributed by atoms with Crippen LogP contribution in [0.25, 0.3) is 0 Å². The zero-order valence-corrected chi connectivity index (χ0v) is 11.9. The summed E-state index contributed by atoms with van der Waals surface area (Å²) in [5, 5.41) is 0. The van der Waals surface area contributed by atoms with Gasteiger partial charge in [0.1, 0.15) is 5.82 Å². The molecule has 0 aliphatic heterocycles. The lowest BCUT2D eigenvalue weighted by Gasteiger charge is -2.26. The predicted molar refractivity (Wildman–Crippen MR) is 74.7 cm³/mol. The second-order valence-electron chi connectivity index (χ2n) is 5.52. The Morgan fingerprint density at radius 3 is 2.50 bits per heavy atom. The van der Waals surface area contributed by atoms with Crippen molar-refractivity contribution in [3.63, 3.8) is 0 Å². The molecule has 0 radical (unpaired) electrons. The van der Waals surface area contributed by atoms with E-state index in [9.17, 15) is 4.39 Å². The maximum atomic E-state index is 13.3. The van der Waals surface area contributed by atoms with Gasteiger partial charge in [0.05, 0.1) is 0 Å². The highest BCUT2D eigenvalue weighted by Crippen LogP contribution is 2.15. The molecule has 0 aliphatic rings. The number of hydrogen-bond donors (Lipinski definition) is 1. The van der Waals surface area contributed by atoms with Crippen molar-refractivity contribution < 1.29 is 4.39 Å². The zero-order valence-electron chi connectivity index (χ0n) is 11.9. The van der Waals surface area contributed by atoms with Gasteiger partial charge in [0.2, 0.25) is 0 Å². The van der Waals surface area contributed by atoms with E-state index in [2.05, 4.69) is 32.7 Å². The highest BCUT2D eigenvalue weighted by molar-refractivity contribution is 5.25. The molecule has 0 amide bonds. The van der Waals surface area contributed by atoms with E-state index in [0.717, 1.165) is 12.1 Å². The summed E-state index contributed by atoms with van der Waals surface area (Å²) in [6.45, 7) is 7.78. The Balaban J connectivity index is 2.66. The maximum Gasteiger partial charge on any atom is 0.127 e. The number of rotatable bonds is 6. The molecule has 2 N–H and O–H groups in total. The quantitative estimate of drug-likeness (QED) is 0.842. The second kappa shape index (κ2) is 6.86. The van der Waals surface area contributed by atoms with Crippen LogP contribution in [0.3, 0.4) is 0 Å². The molecule has 1 atom stereocenters. The van der Waals surface area contributed by atoms with Crippen molar-refractivity contribution >= 4 is 0 Å². The summed E-state index contributed by atoms with van der Waals surface area (Å²) >= 11 is 0. The lowest BCUT2D eigenvalue weighted by atomic mass is 10.0. The molecule has 18 heavy (non-hydrogen) atoms. The van der Waals surface area contributed by atoms with Crippen molar-refractivity contribution in [3.8, 4) is 0 Å². The molecule has 0 saturated heterocycles. The van der Waals surface area contributed by atoms with Gasteiger partial charge < -0.3 is 5.73 Å². The number of hydrogen-bond acceptors (Lipinski definition) is 2. The fourth-order valence-electron chi connectivity index (χ4n) is 2.19. The third kappa shape index (κ3) is 4.39. The Bertz CT molecular complexity index is 377. The third-order valence-corrected chi connectivity index (χ3v) is 3.33. The summed E-state index contributed by atoms with van der Waals surface area (Å²) in [7, 11) is 2.11. The van der Waals surface area contributed by atoms with Crippen molar-refractivity contribution in [2.24, 2.45) is 11.7 Å². The van der Waals surface area contributed by atoms with E-state index < -0.39 is 0 Å². The van der Waals surface area contributed by atoms with Crippen LogP contribution in [-0.4, -0.2) is 18.0 Å². The van der Waals surface area contributed by atoms with Gasteiger partial charge >= 0.3 is 0 Å². The van der Waals surface area contributed by atoms with Crippen molar-refractivity contribution in [1.29, 1.82) is 0 Å². The Morgan fingerprint density at radius 2 is 1.94 bits per heavy atom. The van der Waals surface area contributed by atoms with Gasteiger partial charge in [-0.05, 0) is 37.9 Å². The summed E-state index contributed by atoms with van der Waals surface area (Å²) in [6.07, 6.45) is 1.17. The Hall–Kier alpha value is -0.930. The van der Waals surface area contributed by atoms with Crippen LogP contribution in [0, 0.1) is 11.7 Å². The van der Waals surface area contributed by atoms with Gasteiger partial charge in [-0.2, -0.15) is 0 Å². The van der Waals surface area contributed by atoms with E-state index in [1.807, 2.05) is 12.1 Å². The molecule has 1 aromatic rings. The van der Waals surface area contributed by atoms with Gasteiger partial charge in [0.15, 0.2) is 0 Å². The first-order valence-corrected chi connectivity index (χ1v) is 6.61. The minimum atomic E-state index is -0.209. The topological polar surface area (TPSA) is 29.3 Å². The molecule has 0 spiro atoms. The summed E-state index contributed by atoms with van der Waals surface area (Å²) in [4.78, 5) is 2.30. The molecule has 1 unspecified atom stereocenters. The van der Waals surface area contributed by atoms with E-state index >= 15 is 0 Å². The fourth-order valence-corrected chi connectivity index (χ4v) is 2.19. The van der Waals surface area contributed by atoms with E-state index in [1.54, 1.807) is 0 Å². The largest absolute Gasteiger partial charge is 0.326 e. The normalized spacial score (nSPS) is 13.3. The third-order valence-electron chi connectivity index (χ3n) is 3.33. The van der Waals surface area contributed by atoms with Crippen LogP contribution in [0.1, 0.15) is 38.3 Å². The van der Waals surface area contributed by atoms with E-state index in [0.29, 0.717) is 17.5 Å². The highest BCUT2D eigenvalue weighted by atomic mass is 19.1. The maximum absolute atomic E-state index is 13.3. The molecule has 0 fully saturated rings. The first-order chi connectivity index (χ1) is 8.43. The molecule has 0 bridgehead atoms. The molecule has 1 aromatic carbocycles. The molecular weight excluding hydrogens is 227 g/mol. The summed E-state index contributed by atoms with van der Waals surface area (Å²) in [5.41, 5.74) is 7.24. The number of benzene rings is 1. The minimum Gasteiger partial charge on any atom is -0.326 e. The molecule has 1 rings (SSSR count). The minimum absolute atomic E-state index is 0.209. The SMILES string of the molecule is CC(C)CC(C)N(C)Cc1ccc(F)c(CN)c1. The average molecular weight is 252 g/mol. The van der Waals surface area contributed by atoms with Crippen molar-refractivity contribution in [2.45, 2.75) is 46.3 Å². The van der Waals surface area contributed by atoms with E-state index in [4.69, 9.17) is 5.73 Å². The molecule has 0 aromatic heterocycles. The van der Waals surface area contributed by atoms with Gasteiger partial charge in [-0.25, -0.2) is 4.39 Å². The van der Waals surface area contributed by atoms with Gasteiger partial charge in [-0.15, -0.1) is 0 Å². The van der Waals surface area contributed by atoms with Gasteiger partial charge in [0.25, 0.3) is 0 Å². The average Bonchev–Trinajstić information content (AvgIpc) is 2.30. The molecule has 0 aliphatic carbocycles. The summed E-state index contributed by atoms with van der Waals surface area (Å²) in [5.74, 6) is 0.481. The predicted octanol–water partition coefficient (Wildman–Crippen LogP) is 3.15. The van der Waals surface area contributed by atoms with Crippen LogP contribution < -0.4 is 5.73 Å².